The Kier molecular flexibility index (Phi) is 2.64. The fourth-order valence-corrected chi connectivity index (χ4v) is 2.19. The van der Waals surface area contributed by atoms with Gasteiger partial charge >= 0.3 is 0 Å². The van der Waals surface area contributed by atoms with Crippen LogP contribution in [0.4, 0.5) is 0 Å². The van der Waals surface area contributed by atoms with Gasteiger partial charge in [-0.25, -0.2) is 9.67 Å². The van der Waals surface area contributed by atoms with E-state index in [1.807, 2.05) is 11.6 Å². The number of piperidine rings is 1. The molecule has 1 aliphatic heterocycles. The number of hydrogen-bond donors (Lipinski definition) is 1. The van der Waals surface area contributed by atoms with Gasteiger partial charge in [0.1, 0.15) is 12.0 Å². The molecular formula is C11H15N5O. The van der Waals surface area contributed by atoms with Crippen molar-refractivity contribution in [2.75, 3.05) is 13.1 Å². The molecular weight excluding hydrogens is 218 g/mol. The summed E-state index contributed by atoms with van der Waals surface area (Å²) in [4.78, 5) is 4.33. The Morgan fingerprint density at radius 1 is 1.41 bits per heavy atom. The Morgan fingerprint density at radius 3 is 2.94 bits per heavy atom. The topological polar surface area (TPSA) is 68.8 Å². The largest absolute Gasteiger partial charge is 0.443 e. The molecule has 0 aliphatic carbocycles. The molecule has 0 unspecified atom stereocenters. The minimum Gasteiger partial charge on any atom is -0.443 e. The molecule has 1 saturated heterocycles. The maximum absolute atomic E-state index is 5.41. The Labute approximate surface area is 99.0 Å². The number of rotatable bonds is 2. The standard InChI is InChI=1S/C11H15N5O/c1-8-7-17-11(14-8)10-6-13-15-16(10)9-2-4-12-5-3-9/h6-7,9,12H,2-5H2,1H3. The summed E-state index contributed by atoms with van der Waals surface area (Å²) in [6.07, 6.45) is 5.49. The van der Waals surface area contributed by atoms with E-state index < -0.39 is 0 Å². The van der Waals surface area contributed by atoms with Crippen LogP contribution in [0, 0.1) is 6.92 Å². The van der Waals surface area contributed by atoms with Crippen molar-refractivity contribution < 1.29 is 4.42 Å². The average Bonchev–Trinajstić information content (AvgIpc) is 2.98. The van der Waals surface area contributed by atoms with Crippen molar-refractivity contribution >= 4 is 0 Å². The van der Waals surface area contributed by atoms with E-state index in [1.54, 1.807) is 12.5 Å². The lowest BCUT2D eigenvalue weighted by Gasteiger charge is -2.23. The monoisotopic (exact) mass is 233 g/mol. The van der Waals surface area contributed by atoms with E-state index in [1.165, 1.54) is 0 Å². The molecule has 0 radical (unpaired) electrons. The highest BCUT2D eigenvalue weighted by Crippen LogP contribution is 2.25. The van der Waals surface area contributed by atoms with Crippen LogP contribution in [0.3, 0.4) is 0 Å². The van der Waals surface area contributed by atoms with E-state index in [9.17, 15) is 0 Å². The van der Waals surface area contributed by atoms with E-state index in [2.05, 4.69) is 20.6 Å². The van der Waals surface area contributed by atoms with Crippen LogP contribution in [0.5, 0.6) is 0 Å². The third-order valence-corrected chi connectivity index (χ3v) is 3.07. The first kappa shape index (κ1) is 10.5. The van der Waals surface area contributed by atoms with Gasteiger partial charge in [-0.1, -0.05) is 5.21 Å². The summed E-state index contributed by atoms with van der Waals surface area (Å²) < 4.78 is 7.35. The highest BCUT2D eigenvalue weighted by molar-refractivity contribution is 5.45. The van der Waals surface area contributed by atoms with E-state index in [-0.39, 0.29) is 0 Å². The van der Waals surface area contributed by atoms with Crippen molar-refractivity contribution in [3.63, 3.8) is 0 Å². The van der Waals surface area contributed by atoms with Crippen LogP contribution in [0.2, 0.25) is 0 Å². The summed E-state index contributed by atoms with van der Waals surface area (Å²) >= 11 is 0. The zero-order valence-electron chi connectivity index (χ0n) is 9.76. The molecule has 0 saturated carbocycles. The lowest BCUT2D eigenvalue weighted by atomic mass is 10.1. The van der Waals surface area contributed by atoms with Crippen LogP contribution >= 0.6 is 0 Å². The number of hydrogen-bond acceptors (Lipinski definition) is 5. The van der Waals surface area contributed by atoms with Gasteiger partial charge in [-0.05, 0) is 32.9 Å². The van der Waals surface area contributed by atoms with Crippen molar-refractivity contribution in [3.8, 4) is 11.6 Å². The van der Waals surface area contributed by atoms with Crippen molar-refractivity contribution in [1.82, 2.24) is 25.3 Å². The number of aryl methyl sites for hydroxylation is 1. The second kappa shape index (κ2) is 4.29. The molecule has 0 spiro atoms. The summed E-state index contributed by atoms with van der Waals surface area (Å²) in [5.74, 6) is 0.603. The van der Waals surface area contributed by atoms with Crippen molar-refractivity contribution in [2.45, 2.75) is 25.8 Å². The van der Waals surface area contributed by atoms with Crippen LogP contribution < -0.4 is 5.32 Å². The van der Waals surface area contributed by atoms with Gasteiger partial charge in [0.05, 0.1) is 17.9 Å². The molecule has 3 rings (SSSR count). The zero-order valence-corrected chi connectivity index (χ0v) is 9.76. The first-order valence-electron chi connectivity index (χ1n) is 5.88. The van der Waals surface area contributed by atoms with Gasteiger partial charge in [-0.3, -0.25) is 0 Å². The van der Waals surface area contributed by atoms with E-state index in [4.69, 9.17) is 4.42 Å². The van der Waals surface area contributed by atoms with Crippen molar-refractivity contribution in [3.05, 3.63) is 18.2 Å². The van der Waals surface area contributed by atoms with Crippen LogP contribution in [0.15, 0.2) is 16.9 Å². The number of aromatic nitrogens is 4. The van der Waals surface area contributed by atoms with Crippen molar-refractivity contribution in [1.29, 1.82) is 0 Å². The number of nitrogens with one attached hydrogen (secondary N) is 1. The highest BCUT2D eigenvalue weighted by Gasteiger charge is 2.21. The van der Waals surface area contributed by atoms with Crippen molar-refractivity contribution in [2.24, 2.45) is 0 Å². The molecule has 0 amide bonds. The van der Waals surface area contributed by atoms with E-state index >= 15 is 0 Å². The van der Waals surface area contributed by atoms with Gasteiger partial charge in [0.2, 0.25) is 5.89 Å². The Bertz CT molecular complexity index is 497. The van der Waals surface area contributed by atoms with Crippen LogP contribution in [0.25, 0.3) is 11.6 Å². The normalized spacial score (nSPS) is 17.5. The summed E-state index contributed by atoms with van der Waals surface area (Å²) in [7, 11) is 0. The lowest BCUT2D eigenvalue weighted by Crippen LogP contribution is -2.30. The van der Waals surface area contributed by atoms with Gasteiger partial charge in [0.25, 0.3) is 0 Å². The smallest absolute Gasteiger partial charge is 0.246 e. The molecule has 1 fully saturated rings. The Hall–Kier alpha value is -1.69. The Morgan fingerprint density at radius 2 is 2.24 bits per heavy atom. The van der Waals surface area contributed by atoms with Crippen LogP contribution in [-0.2, 0) is 0 Å². The third-order valence-electron chi connectivity index (χ3n) is 3.07. The van der Waals surface area contributed by atoms with Gasteiger partial charge in [0.15, 0.2) is 0 Å². The molecule has 6 heteroatoms. The first-order chi connectivity index (χ1) is 8.34. The van der Waals surface area contributed by atoms with Gasteiger partial charge in [0, 0.05) is 0 Å². The number of nitrogens with zero attached hydrogens (tertiary/aromatic N) is 4. The molecule has 0 aromatic carbocycles. The Balaban J connectivity index is 1.93. The molecule has 3 heterocycles. The molecule has 2 aromatic heterocycles. The predicted octanol–water partition coefficient (Wildman–Crippen LogP) is 1.17. The van der Waals surface area contributed by atoms with E-state index in [0.717, 1.165) is 37.3 Å². The first-order valence-corrected chi connectivity index (χ1v) is 5.88. The van der Waals surface area contributed by atoms with Gasteiger partial charge in [-0.2, -0.15) is 0 Å². The van der Waals surface area contributed by atoms with E-state index in [0.29, 0.717) is 11.9 Å². The predicted molar refractivity (Wildman–Crippen MR) is 61.4 cm³/mol. The van der Waals surface area contributed by atoms with Gasteiger partial charge in [-0.15, -0.1) is 5.10 Å². The average molecular weight is 233 g/mol. The fourth-order valence-electron chi connectivity index (χ4n) is 2.19. The summed E-state index contributed by atoms with van der Waals surface area (Å²) in [5.41, 5.74) is 1.74. The number of oxazole rings is 1. The van der Waals surface area contributed by atoms with Crippen LogP contribution in [-0.4, -0.2) is 33.1 Å². The molecule has 1 N–H and O–H groups in total. The maximum atomic E-state index is 5.41. The maximum Gasteiger partial charge on any atom is 0.246 e. The molecule has 2 aromatic rings. The fraction of sp³-hybridized carbons (Fsp3) is 0.545. The van der Waals surface area contributed by atoms with Crippen LogP contribution in [0.1, 0.15) is 24.6 Å². The molecule has 1 aliphatic rings. The highest BCUT2D eigenvalue weighted by atomic mass is 16.3. The summed E-state index contributed by atoms with van der Waals surface area (Å²) in [5, 5.41) is 11.5. The second-order valence-electron chi connectivity index (χ2n) is 4.34. The summed E-state index contributed by atoms with van der Waals surface area (Å²) in [6, 6.07) is 0.390. The minimum absolute atomic E-state index is 0.390. The second-order valence-corrected chi connectivity index (χ2v) is 4.34. The minimum atomic E-state index is 0.390. The van der Waals surface area contributed by atoms with Gasteiger partial charge < -0.3 is 9.73 Å². The third kappa shape index (κ3) is 1.95. The lowest BCUT2D eigenvalue weighted by molar-refractivity contribution is 0.338. The SMILES string of the molecule is Cc1coc(-c2cnnn2C2CCNCC2)n1. The molecule has 0 atom stereocenters. The molecule has 6 nitrogen and oxygen atoms in total. The summed E-state index contributed by atoms with van der Waals surface area (Å²) in [6.45, 7) is 3.95. The molecule has 0 bridgehead atoms. The zero-order chi connectivity index (χ0) is 11.7. The quantitative estimate of drug-likeness (QED) is 0.843. The molecule has 90 valence electrons. The molecule has 17 heavy (non-hydrogen) atoms.